The summed E-state index contributed by atoms with van der Waals surface area (Å²) >= 11 is 0. The van der Waals surface area contributed by atoms with E-state index in [2.05, 4.69) is 24.6 Å². The van der Waals surface area contributed by atoms with Gasteiger partial charge in [-0.05, 0) is 19.4 Å². The van der Waals surface area contributed by atoms with Crippen molar-refractivity contribution in [1.82, 2.24) is 15.8 Å². The molecule has 0 fully saturated rings. The summed E-state index contributed by atoms with van der Waals surface area (Å²) in [5.74, 6) is 0. The van der Waals surface area contributed by atoms with E-state index >= 15 is 0 Å². The van der Waals surface area contributed by atoms with Crippen LogP contribution in [0.15, 0.2) is 0 Å². The minimum Gasteiger partial charge on any atom is -0.301 e. The molecule has 0 aliphatic rings. The average Bonchev–Trinajstić information content (AvgIpc) is 1.97. The Hall–Kier alpha value is -0.120. The zero-order chi connectivity index (χ0) is 8.69. The highest BCUT2D eigenvalue weighted by molar-refractivity contribution is 4.57. The lowest BCUT2D eigenvalue weighted by Crippen LogP contribution is -2.48. The van der Waals surface area contributed by atoms with Crippen LogP contribution in [0.5, 0.6) is 0 Å². The van der Waals surface area contributed by atoms with Crippen LogP contribution in [0.2, 0.25) is 0 Å². The lowest BCUT2D eigenvalue weighted by atomic mass is 10.3. The first-order chi connectivity index (χ1) is 5.20. The van der Waals surface area contributed by atoms with Gasteiger partial charge in [0.15, 0.2) is 0 Å². The molecule has 0 aromatic heterocycles. The van der Waals surface area contributed by atoms with E-state index in [1.165, 1.54) is 6.42 Å². The van der Waals surface area contributed by atoms with Crippen molar-refractivity contribution in [2.45, 2.75) is 32.9 Å². The lowest BCUT2D eigenvalue weighted by Gasteiger charge is -2.22. The Morgan fingerprint density at radius 2 is 1.91 bits per heavy atom. The Labute approximate surface area is 70.1 Å². The molecule has 0 spiro atoms. The van der Waals surface area contributed by atoms with Crippen molar-refractivity contribution >= 4 is 0 Å². The highest BCUT2D eigenvalue weighted by Crippen LogP contribution is 1.86. The molecule has 0 bridgehead atoms. The summed E-state index contributed by atoms with van der Waals surface area (Å²) < 4.78 is 0. The van der Waals surface area contributed by atoms with E-state index < -0.39 is 0 Å². The molecule has 3 nitrogen and oxygen atoms in total. The normalized spacial score (nSPS) is 13.9. The second-order valence-electron chi connectivity index (χ2n) is 2.94. The molecule has 0 saturated carbocycles. The van der Waals surface area contributed by atoms with Gasteiger partial charge in [0.05, 0.1) is 6.17 Å². The molecule has 0 radical (unpaired) electrons. The van der Waals surface area contributed by atoms with Gasteiger partial charge in [-0.25, -0.2) is 10.4 Å². The van der Waals surface area contributed by atoms with Gasteiger partial charge in [0, 0.05) is 14.1 Å². The van der Waals surface area contributed by atoms with Gasteiger partial charge in [-0.1, -0.05) is 13.8 Å². The summed E-state index contributed by atoms with van der Waals surface area (Å²) in [6.45, 7) is 5.43. The van der Waals surface area contributed by atoms with Crippen molar-refractivity contribution in [2.75, 3.05) is 20.6 Å². The highest BCUT2D eigenvalue weighted by Gasteiger charge is 2.02. The van der Waals surface area contributed by atoms with Crippen molar-refractivity contribution in [2.24, 2.45) is 0 Å². The molecular weight excluding hydrogens is 138 g/mol. The van der Waals surface area contributed by atoms with Crippen LogP contribution in [0.3, 0.4) is 0 Å². The van der Waals surface area contributed by atoms with E-state index in [4.69, 9.17) is 0 Å². The Morgan fingerprint density at radius 3 is 2.27 bits per heavy atom. The maximum Gasteiger partial charge on any atom is 0.0703 e. The molecule has 0 heterocycles. The molecule has 0 aliphatic carbocycles. The molecule has 2 N–H and O–H groups in total. The van der Waals surface area contributed by atoms with Crippen LogP contribution in [0.25, 0.3) is 0 Å². The first-order valence-electron chi connectivity index (χ1n) is 4.37. The molecule has 0 aromatic carbocycles. The van der Waals surface area contributed by atoms with Crippen LogP contribution in [0, 0.1) is 0 Å². The Morgan fingerprint density at radius 1 is 1.27 bits per heavy atom. The second kappa shape index (κ2) is 6.58. The van der Waals surface area contributed by atoms with E-state index in [1.54, 1.807) is 0 Å². The predicted molar refractivity (Wildman–Crippen MR) is 49.2 cm³/mol. The Bertz CT molecular complexity index is 83.4. The smallest absolute Gasteiger partial charge is 0.0703 e. The number of nitrogens with zero attached hydrogens (tertiary/aromatic N) is 1. The van der Waals surface area contributed by atoms with Crippen LogP contribution in [0.4, 0.5) is 0 Å². The first-order valence-corrected chi connectivity index (χ1v) is 4.37. The van der Waals surface area contributed by atoms with Gasteiger partial charge in [0.2, 0.25) is 0 Å². The fourth-order valence-electron chi connectivity index (χ4n) is 0.912. The number of hydrogen-bond donors (Lipinski definition) is 2. The van der Waals surface area contributed by atoms with Gasteiger partial charge in [-0.2, -0.15) is 0 Å². The second-order valence-corrected chi connectivity index (χ2v) is 2.94. The summed E-state index contributed by atoms with van der Waals surface area (Å²) in [6.07, 6.45) is 2.72. The zero-order valence-corrected chi connectivity index (χ0v) is 8.15. The highest BCUT2D eigenvalue weighted by atomic mass is 15.5. The van der Waals surface area contributed by atoms with Crippen molar-refractivity contribution in [3.63, 3.8) is 0 Å². The Kier molecular flexibility index (Phi) is 6.51. The largest absolute Gasteiger partial charge is 0.301 e. The number of hydrazine groups is 1. The summed E-state index contributed by atoms with van der Waals surface area (Å²) in [7, 11) is 4.02. The maximum absolute atomic E-state index is 3.40. The summed E-state index contributed by atoms with van der Waals surface area (Å²) in [6, 6.07) is 0. The predicted octanol–water partition coefficient (Wildman–Crippen LogP) is 0.788. The molecule has 0 rings (SSSR count). The quantitative estimate of drug-likeness (QED) is 0.443. The fraction of sp³-hybridized carbons (Fsp3) is 1.00. The molecule has 0 amide bonds. The molecule has 0 aliphatic heterocycles. The van der Waals surface area contributed by atoms with Crippen LogP contribution in [0.1, 0.15) is 26.7 Å². The molecule has 1 unspecified atom stereocenters. The molecule has 0 saturated heterocycles. The van der Waals surface area contributed by atoms with Crippen molar-refractivity contribution in [1.29, 1.82) is 0 Å². The van der Waals surface area contributed by atoms with E-state index in [-0.39, 0.29) is 0 Å². The minimum absolute atomic E-state index is 0.421. The SMILES string of the molecule is CCCNC(CC)NN(C)C. The molecular formula is C8H21N3. The van der Waals surface area contributed by atoms with E-state index in [0.717, 1.165) is 13.0 Å². The molecule has 11 heavy (non-hydrogen) atoms. The van der Waals surface area contributed by atoms with Gasteiger partial charge in [0.1, 0.15) is 0 Å². The van der Waals surface area contributed by atoms with Crippen LogP contribution >= 0.6 is 0 Å². The molecule has 68 valence electrons. The van der Waals surface area contributed by atoms with E-state index in [9.17, 15) is 0 Å². The third kappa shape index (κ3) is 6.28. The zero-order valence-electron chi connectivity index (χ0n) is 8.15. The lowest BCUT2D eigenvalue weighted by molar-refractivity contribution is 0.213. The number of nitrogens with one attached hydrogen (secondary N) is 2. The fourth-order valence-corrected chi connectivity index (χ4v) is 0.912. The molecule has 1 atom stereocenters. The standard InChI is InChI=1S/C8H21N3/c1-5-7-9-8(6-2)10-11(3)4/h8-10H,5-7H2,1-4H3. The van der Waals surface area contributed by atoms with E-state index in [1.807, 2.05) is 19.1 Å². The summed E-state index contributed by atoms with van der Waals surface area (Å²) in [5, 5.41) is 5.38. The third-order valence-electron chi connectivity index (χ3n) is 1.46. The van der Waals surface area contributed by atoms with Crippen molar-refractivity contribution in [3.05, 3.63) is 0 Å². The van der Waals surface area contributed by atoms with Crippen LogP contribution in [-0.4, -0.2) is 31.8 Å². The average molecular weight is 159 g/mol. The first kappa shape index (κ1) is 10.9. The van der Waals surface area contributed by atoms with Gasteiger partial charge < -0.3 is 5.32 Å². The number of hydrogen-bond acceptors (Lipinski definition) is 3. The van der Waals surface area contributed by atoms with E-state index in [0.29, 0.717) is 6.17 Å². The van der Waals surface area contributed by atoms with Gasteiger partial charge in [0.25, 0.3) is 0 Å². The van der Waals surface area contributed by atoms with Crippen molar-refractivity contribution in [3.8, 4) is 0 Å². The summed E-state index contributed by atoms with van der Waals surface area (Å²) in [5.41, 5.74) is 3.29. The monoisotopic (exact) mass is 159 g/mol. The van der Waals surface area contributed by atoms with Gasteiger partial charge in [-0.15, -0.1) is 0 Å². The summed E-state index contributed by atoms with van der Waals surface area (Å²) in [4.78, 5) is 0. The molecule has 3 heteroatoms. The van der Waals surface area contributed by atoms with Crippen LogP contribution in [-0.2, 0) is 0 Å². The minimum atomic E-state index is 0.421. The van der Waals surface area contributed by atoms with Crippen LogP contribution < -0.4 is 10.7 Å². The third-order valence-corrected chi connectivity index (χ3v) is 1.46. The maximum atomic E-state index is 3.40. The molecule has 0 aromatic rings. The van der Waals surface area contributed by atoms with Gasteiger partial charge in [-0.3, -0.25) is 0 Å². The van der Waals surface area contributed by atoms with Crippen molar-refractivity contribution < 1.29 is 0 Å². The topological polar surface area (TPSA) is 27.3 Å². The number of rotatable bonds is 6. The van der Waals surface area contributed by atoms with Gasteiger partial charge >= 0.3 is 0 Å². The Balaban J connectivity index is 3.41.